The highest BCUT2D eigenvalue weighted by Gasteiger charge is 2.18. The van der Waals surface area contributed by atoms with Gasteiger partial charge < -0.3 is 0 Å². The molecular formula is C15H11Br2N3O2S2. The second kappa shape index (κ2) is 8.63. The smallest absolute Gasteiger partial charge is 0.284 e. The van der Waals surface area contributed by atoms with E-state index in [1.165, 1.54) is 17.4 Å². The number of thiocarbonyl (C=S) groups is 1. The van der Waals surface area contributed by atoms with Crippen molar-refractivity contribution in [1.29, 1.82) is 0 Å². The Labute approximate surface area is 164 Å². The number of nitrogens with zero attached hydrogens (tertiary/aromatic N) is 1. The Balaban J connectivity index is 1.97. The molecule has 0 radical (unpaired) electrons. The average molecular weight is 489 g/mol. The van der Waals surface area contributed by atoms with Gasteiger partial charge in [-0.05, 0) is 53.5 Å². The molecule has 0 spiro atoms. The molecule has 24 heavy (non-hydrogen) atoms. The maximum absolute atomic E-state index is 12.0. The lowest BCUT2D eigenvalue weighted by atomic mass is 10.2. The minimum Gasteiger partial charge on any atom is -0.298 e. The van der Waals surface area contributed by atoms with E-state index < -0.39 is 11.8 Å². The average Bonchev–Trinajstić information content (AvgIpc) is 3.05. The van der Waals surface area contributed by atoms with Crippen molar-refractivity contribution >= 4 is 78.4 Å². The molecular weight excluding hydrogens is 478 g/mol. The number of carbonyl (C=O) groups is 2. The second-order valence-electron chi connectivity index (χ2n) is 4.48. The number of rotatable bonds is 3. The molecule has 9 heteroatoms. The summed E-state index contributed by atoms with van der Waals surface area (Å²) in [7, 11) is 0. The Morgan fingerprint density at radius 1 is 1.25 bits per heavy atom. The summed E-state index contributed by atoms with van der Waals surface area (Å²) in [5.41, 5.74) is 0.816. The zero-order valence-electron chi connectivity index (χ0n) is 12.0. The van der Waals surface area contributed by atoms with Crippen LogP contribution in [0.3, 0.4) is 0 Å². The van der Waals surface area contributed by atoms with Crippen LogP contribution >= 0.6 is 55.4 Å². The van der Waals surface area contributed by atoms with E-state index in [9.17, 15) is 9.59 Å². The Kier molecular flexibility index (Phi) is 6.81. The van der Waals surface area contributed by atoms with Crippen LogP contribution < -0.4 is 11.2 Å². The van der Waals surface area contributed by atoms with Crippen LogP contribution in [0.2, 0.25) is 0 Å². The Morgan fingerprint density at radius 3 is 2.50 bits per heavy atom. The van der Waals surface area contributed by atoms with Crippen LogP contribution in [0.1, 0.15) is 15.2 Å². The van der Waals surface area contributed by atoms with Crippen molar-refractivity contribution < 1.29 is 9.59 Å². The van der Waals surface area contributed by atoms with Crippen molar-refractivity contribution in [3.8, 4) is 0 Å². The van der Waals surface area contributed by atoms with E-state index in [0.717, 1.165) is 19.5 Å². The van der Waals surface area contributed by atoms with Crippen LogP contribution in [0, 0.1) is 0 Å². The van der Waals surface area contributed by atoms with Gasteiger partial charge in [0.2, 0.25) is 5.91 Å². The van der Waals surface area contributed by atoms with E-state index in [1.807, 2.05) is 18.2 Å². The zero-order valence-corrected chi connectivity index (χ0v) is 16.8. The summed E-state index contributed by atoms with van der Waals surface area (Å²) in [6.07, 6.45) is 2.93. The summed E-state index contributed by atoms with van der Waals surface area (Å²) in [4.78, 5) is 24.4. The van der Waals surface area contributed by atoms with Crippen LogP contribution in [0.4, 0.5) is 0 Å². The van der Waals surface area contributed by atoms with Crippen LogP contribution in [0.15, 0.2) is 50.7 Å². The molecule has 1 heterocycles. The van der Waals surface area contributed by atoms with E-state index in [4.69, 9.17) is 18.1 Å². The Bertz CT molecular complexity index is 787. The predicted octanol–water partition coefficient (Wildman–Crippen LogP) is 3.70. The molecule has 1 aromatic heterocycles. The fourth-order valence-electron chi connectivity index (χ4n) is 1.66. The summed E-state index contributed by atoms with van der Waals surface area (Å²) in [6, 6.07) is 8.94. The molecule has 2 aromatic rings. The van der Waals surface area contributed by atoms with Gasteiger partial charge in [-0.1, -0.05) is 37.9 Å². The normalized spacial score (nSPS) is 10.6. The number of nitrogens with two attached hydrogens (primary N) is 1. The molecule has 2 amide bonds. The molecule has 0 saturated carbocycles. The van der Waals surface area contributed by atoms with Gasteiger partial charge in [0.05, 0.1) is 4.88 Å². The third kappa shape index (κ3) is 5.32. The minimum atomic E-state index is -0.481. The van der Waals surface area contributed by atoms with Crippen molar-refractivity contribution in [3.63, 3.8) is 0 Å². The number of carbonyl (C=O) groups excluding carboxylic acids is 2. The quantitative estimate of drug-likeness (QED) is 0.227. The van der Waals surface area contributed by atoms with Crippen molar-refractivity contribution in [3.05, 3.63) is 61.2 Å². The van der Waals surface area contributed by atoms with Gasteiger partial charge in [-0.25, -0.2) is 10.9 Å². The third-order valence-electron chi connectivity index (χ3n) is 2.71. The first kappa shape index (κ1) is 18.9. The van der Waals surface area contributed by atoms with Gasteiger partial charge in [0.1, 0.15) is 0 Å². The summed E-state index contributed by atoms with van der Waals surface area (Å²) in [6.45, 7) is 0. The monoisotopic (exact) mass is 487 g/mol. The summed E-state index contributed by atoms with van der Waals surface area (Å²) >= 11 is 13.0. The lowest BCUT2D eigenvalue weighted by Gasteiger charge is -2.16. The van der Waals surface area contributed by atoms with Crippen molar-refractivity contribution in [2.75, 3.05) is 0 Å². The molecule has 0 aliphatic heterocycles. The maximum Gasteiger partial charge on any atom is 0.284 e. The van der Waals surface area contributed by atoms with Gasteiger partial charge in [-0.2, -0.15) is 0 Å². The molecule has 0 aliphatic carbocycles. The molecule has 5 nitrogen and oxygen atoms in total. The number of halogens is 2. The standard InChI is InChI=1S/C15H11Br2N3O2S2/c16-10-6-9(7-11(17)8-10)3-4-13(21)19-15(23)20(18)14(22)12-2-1-5-24-12/h1-8H,18H2,(H,19,21,23). The van der Waals surface area contributed by atoms with Gasteiger partial charge in [0.25, 0.3) is 5.91 Å². The van der Waals surface area contributed by atoms with Crippen molar-refractivity contribution in [2.45, 2.75) is 0 Å². The van der Waals surface area contributed by atoms with Gasteiger partial charge in [-0.3, -0.25) is 14.9 Å². The van der Waals surface area contributed by atoms with E-state index in [1.54, 1.807) is 23.6 Å². The van der Waals surface area contributed by atoms with E-state index in [-0.39, 0.29) is 5.11 Å². The zero-order chi connectivity index (χ0) is 17.7. The molecule has 124 valence electrons. The van der Waals surface area contributed by atoms with Gasteiger partial charge in [-0.15, -0.1) is 11.3 Å². The van der Waals surface area contributed by atoms with Gasteiger partial charge >= 0.3 is 0 Å². The van der Waals surface area contributed by atoms with Gasteiger partial charge in [0.15, 0.2) is 5.11 Å². The molecule has 0 aliphatic rings. The molecule has 0 unspecified atom stereocenters. The van der Waals surface area contributed by atoms with Crippen LogP contribution in [0.25, 0.3) is 6.08 Å². The fraction of sp³-hybridized carbons (Fsp3) is 0. The highest BCUT2D eigenvalue weighted by Crippen LogP contribution is 2.20. The second-order valence-corrected chi connectivity index (χ2v) is 7.65. The molecule has 0 bridgehead atoms. The molecule has 2 rings (SSSR count). The summed E-state index contributed by atoms with van der Waals surface area (Å²) in [5.74, 6) is 4.69. The first-order chi connectivity index (χ1) is 11.4. The number of hydrogen-bond donors (Lipinski definition) is 2. The van der Waals surface area contributed by atoms with E-state index in [2.05, 4.69) is 37.2 Å². The number of amides is 2. The highest BCUT2D eigenvalue weighted by molar-refractivity contribution is 9.11. The molecule has 1 aromatic carbocycles. The third-order valence-corrected chi connectivity index (χ3v) is 4.78. The predicted molar refractivity (Wildman–Crippen MR) is 106 cm³/mol. The van der Waals surface area contributed by atoms with E-state index in [0.29, 0.717) is 4.88 Å². The number of hydrazine groups is 1. The maximum atomic E-state index is 12.0. The lowest BCUT2D eigenvalue weighted by molar-refractivity contribution is -0.115. The Morgan fingerprint density at radius 2 is 1.92 bits per heavy atom. The van der Waals surface area contributed by atoms with Gasteiger partial charge in [0, 0.05) is 15.0 Å². The topological polar surface area (TPSA) is 75.4 Å². The largest absolute Gasteiger partial charge is 0.298 e. The van der Waals surface area contributed by atoms with Crippen LogP contribution in [-0.2, 0) is 4.79 Å². The SMILES string of the molecule is NN(C(=O)c1cccs1)C(=S)NC(=O)C=Cc1cc(Br)cc(Br)c1. The molecule has 0 atom stereocenters. The first-order valence-corrected chi connectivity index (χ1v) is 9.36. The van der Waals surface area contributed by atoms with Crippen LogP contribution in [0.5, 0.6) is 0 Å². The number of nitrogens with one attached hydrogen (secondary N) is 1. The summed E-state index contributed by atoms with van der Waals surface area (Å²) in [5, 5.41) is 4.71. The Hall–Kier alpha value is -1.39. The van der Waals surface area contributed by atoms with E-state index >= 15 is 0 Å². The minimum absolute atomic E-state index is 0.168. The number of thiophene rings is 1. The first-order valence-electron chi connectivity index (χ1n) is 6.48. The summed E-state index contributed by atoms with van der Waals surface area (Å²) < 4.78 is 1.75. The van der Waals surface area contributed by atoms with Crippen molar-refractivity contribution in [2.24, 2.45) is 5.84 Å². The number of benzene rings is 1. The fourth-order valence-corrected chi connectivity index (χ4v) is 3.83. The molecule has 0 fully saturated rings. The molecule has 0 saturated heterocycles. The van der Waals surface area contributed by atoms with Crippen molar-refractivity contribution in [1.82, 2.24) is 10.3 Å². The highest BCUT2D eigenvalue weighted by atomic mass is 79.9. The molecule has 3 N–H and O–H groups in total. The van der Waals surface area contributed by atoms with Crippen LogP contribution in [-0.4, -0.2) is 21.9 Å². The number of hydrogen-bond acceptors (Lipinski definition) is 5. The lowest BCUT2D eigenvalue weighted by Crippen LogP contribution is -2.49.